The van der Waals surface area contributed by atoms with E-state index in [1.54, 1.807) is 4.90 Å². The van der Waals surface area contributed by atoms with Crippen molar-refractivity contribution in [3.05, 3.63) is 0 Å². The summed E-state index contributed by atoms with van der Waals surface area (Å²) >= 11 is 0. The normalized spacial score (nSPS) is 25.8. The van der Waals surface area contributed by atoms with Crippen LogP contribution in [0.5, 0.6) is 0 Å². The highest BCUT2D eigenvalue weighted by Crippen LogP contribution is 2.27. The van der Waals surface area contributed by atoms with E-state index in [-0.39, 0.29) is 12.6 Å². The van der Waals surface area contributed by atoms with Gasteiger partial charge in [0.15, 0.2) is 0 Å². The van der Waals surface area contributed by atoms with E-state index in [1.807, 2.05) is 14.0 Å². The minimum absolute atomic E-state index is 0.211. The van der Waals surface area contributed by atoms with Crippen LogP contribution in [0.25, 0.3) is 0 Å². The van der Waals surface area contributed by atoms with Crippen LogP contribution in [0, 0.1) is 11.3 Å². The van der Waals surface area contributed by atoms with E-state index in [9.17, 15) is 13.2 Å². The lowest BCUT2D eigenvalue weighted by Gasteiger charge is -2.39. The van der Waals surface area contributed by atoms with Gasteiger partial charge >= 0.3 is 6.18 Å². The maximum absolute atomic E-state index is 12.6. The first-order chi connectivity index (χ1) is 7.71. The molecule has 0 amide bonds. The number of nitrogens with two attached hydrogens (primary N) is 1. The number of likely N-dealkylation sites (N-methyl/N-ethyl adjacent to an activating group) is 1. The molecule has 17 heavy (non-hydrogen) atoms. The zero-order chi connectivity index (χ0) is 13.2. The third-order valence-corrected chi connectivity index (χ3v) is 3.26. The fourth-order valence-corrected chi connectivity index (χ4v) is 1.93. The number of nitrogens with zero attached hydrogens (tertiary/aromatic N) is 2. The first-order valence-electron chi connectivity index (χ1n) is 5.55. The summed E-state index contributed by atoms with van der Waals surface area (Å²) in [7, 11) is 1.95. The Morgan fingerprint density at radius 3 is 2.47 bits per heavy atom. The lowest BCUT2D eigenvalue weighted by molar-refractivity contribution is -0.161. The summed E-state index contributed by atoms with van der Waals surface area (Å²) in [5.74, 6) is -2.65. The summed E-state index contributed by atoms with van der Waals surface area (Å²) in [4.78, 5) is 3.83. The highest BCUT2D eigenvalue weighted by molar-refractivity contribution is 5.80. The van der Waals surface area contributed by atoms with Crippen LogP contribution < -0.4 is 5.73 Å². The topological polar surface area (TPSA) is 56.4 Å². The highest BCUT2D eigenvalue weighted by atomic mass is 19.4. The van der Waals surface area contributed by atoms with Gasteiger partial charge in [0.2, 0.25) is 0 Å². The average Bonchev–Trinajstić information content (AvgIpc) is 2.17. The maximum atomic E-state index is 12.6. The quantitative estimate of drug-likeness (QED) is 0.575. The Hall–Kier alpha value is -0.820. The molecule has 1 saturated heterocycles. The van der Waals surface area contributed by atoms with Crippen molar-refractivity contribution in [1.29, 1.82) is 5.41 Å². The van der Waals surface area contributed by atoms with Crippen LogP contribution in [0.2, 0.25) is 0 Å². The molecule has 1 heterocycles. The number of alkyl halides is 3. The molecular formula is C10H19F3N4. The monoisotopic (exact) mass is 252 g/mol. The second-order valence-electron chi connectivity index (χ2n) is 4.64. The molecule has 0 radical (unpaired) electrons. The van der Waals surface area contributed by atoms with Gasteiger partial charge in [-0.05, 0) is 14.0 Å². The summed E-state index contributed by atoms with van der Waals surface area (Å²) in [6.45, 7) is 3.67. The van der Waals surface area contributed by atoms with Crippen molar-refractivity contribution >= 4 is 5.84 Å². The molecular weight excluding hydrogens is 233 g/mol. The van der Waals surface area contributed by atoms with E-state index in [1.165, 1.54) is 0 Å². The van der Waals surface area contributed by atoms with Gasteiger partial charge in [-0.15, -0.1) is 0 Å². The standard InChI is InChI=1S/C10H19F3N4/c1-7-5-17(4-3-16(7)2)6-8(9(14)15)10(11,12)13/h7-8H,3-6H2,1-2H3,(H3,14,15). The molecule has 4 nitrogen and oxygen atoms in total. The molecule has 0 spiro atoms. The van der Waals surface area contributed by atoms with Crippen molar-refractivity contribution < 1.29 is 13.2 Å². The van der Waals surface area contributed by atoms with Gasteiger partial charge in [0.1, 0.15) is 11.8 Å². The molecule has 1 rings (SSSR count). The van der Waals surface area contributed by atoms with E-state index >= 15 is 0 Å². The van der Waals surface area contributed by atoms with Gasteiger partial charge in [-0.1, -0.05) is 0 Å². The molecule has 3 N–H and O–H groups in total. The van der Waals surface area contributed by atoms with E-state index in [4.69, 9.17) is 11.1 Å². The van der Waals surface area contributed by atoms with Gasteiger partial charge in [0.05, 0.1) is 0 Å². The Labute approximate surface area is 99.1 Å². The lowest BCUT2D eigenvalue weighted by atomic mass is 10.1. The zero-order valence-corrected chi connectivity index (χ0v) is 10.1. The Morgan fingerprint density at radius 1 is 1.47 bits per heavy atom. The van der Waals surface area contributed by atoms with Gasteiger partial charge in [0, 0.05) is 32.2 Å². The molecule has 100 valence electrons. The Bertz CT molecular complexity index is 279. The molecule has 0 bridgehead atoms. The van der Waals surface area contributed by atoms with Gasteiger partial charge in [-0.25, -0.2) is 0 Å². The summed E-state index contributed by atoms with van der Waals surface area (Å²) in [5, 5.41) is 7.04. The zero-order valence-electron chi connectivity index (χ0n) is 10.1. The van der Waals surface area contributed by atoms with Crippen molar-refractivity contribution in [2.24, 2.45) is 11.7 Å². The second-order valence-corrected chi connectivity index (χ2v) is 4.64. The number of amidine groups is 1. The van der Waals surface area contributed by atoms with Crippen LogP contribution in [-0.2, 0) is 0 Å². The van der Waals surface area contributed by atoms with E-state index < -0.39 is 17.9 Å². The molecule has 1 fully saturated rings. The Morgan fingerprint density at radius 2 is 2.06 bits per heavy atom. The van der Waals surface area contributed by atoms with Crippen LogP contribution in [0.3, 0.4) is 0 Å². The van der Waals surface area contributed by atoms with E-state index in [2.05, 4.69) is 4.90 Å². The number of nitrogens with one attached hydrogen (secondary N) is 1. The van der Waals surface area contributed by atoms with Crippen LogP contribution in [0.15, 0.2) is 0 Å². The largest absolute Gasteiger partial charge is 0.399 e. The molecule has 0 aromatic carbocycles. The number of hydrogen-bond acceptors (Lipinski definition) is 3. The van der Waals surface area contributed by atoms with Gasteiger partial charge < -0.3 is 10.6 Å². The summed E-state index contributed by atoms with van der Waals surface area (Å²) in [5.41, 5.74) is 5.03. The van der Waals surface area contributed by atoms with Gasteiger partial charge in [0.25, 0.3) is 0 Å². The highest BCUT2D eigenvalue weighted by Gasteiger charge is 2.43. The average molecular weight is 252 g/mol. The van der Waals surface area contributed by atoms with Crippen molar-refractivity contribution in [2.75, 3.05) is 33.2 Å². The number of halogens is 3. The number of hydrogen-bond donors (Lipinski definition) is 2. The van der Waals surface area contributed by atoms with Crippen molar-refractivity contribution in [3.63, 3.8) is 0 Å². The van der Waals surface area contributed by atoms with Crippen LogP contribution in [0.1, 0.15) is 6.92 Å². The lowest BCUT2D eigenvalue weighted by Crippen LogP contribution is -2.53. The fourth-order valence-electron chi connectivity index (χ4n) is 1.93. The third-order valence-electron chi connectivity index (χ3n) is 3.26. The van der Waals surface area contributed by atoms with Gasteiger partial charge in [-0.2, -0.15) is 13.2 Å². The predicted molar refractivity (Wildman–Crippen MR) is 60.0 cm³/mol. The summed E-state index contributed by atoms with van der Waals surface area (Å²) in [6.07, 6.45) is -4.43. The molecule has 0 aromatic rings. The first-order valence-corrected chi connectivity index (χ1v) is 5.55. The van der Waals surface area contributed by atoms with Crippen molar-refractivity contribution in [2.45, 2.75) is 19.1 Å². The van der Waals surface area contributed by atoms with E-state index in [0.29, 0.717) is 13.1 Å². The summed E-state index contributed by atoms with van der Waals surface area (Å²) < 4.78 is 37.9. The molecule has 2 unspecified atom stereocenters. The van der Waals surface area contributed by atoms with Crippen molar-refractivity contribution in [1.82, 2.24) is 9.80 Å². The fraction of sp³-hybridized carbons (Fsp3) is 0.900. The van der Waals surface area contributed by atoms with Crippen LogP contribution >= 0.6 is 0 Å². The molecule has 0 saturated carbocycles. The maximum Gasteiger partial charge on any atom is 0.399 e. The smallest absolute Gasteiger partial charge is 0.387 e. The number of piperazine rings is 1. The number of rotatable bonds is 3. The van der Waals surface area contributed by atoms with Crippen LogP contribution in [-0.4, -0.2) is 61.1 Å². The van der Waals surface area contributed by atoms with Crippen molar-refractivity contribution in [3.8, 4) is 0 Å². The molecule has 1 aliphatic heterocycles. The SMILES string of the molecule is CC1CN(CC(C(=N)N)C(F)(F)F)CCN1C. The third kappa shape index (κ3) is 3.85. The molecule has 1 aliphatic rings. The second kappa shape index (κ2) is 5.22. The molecule has 0 aliphatic carbocycles. The molecule has 7 heteroatoms. The Balaban J connectivity index is 2.60. The minimum atomic E-state index is -4.43. The minimum Gasteiger partial charge on any atom is -0.387 e. The Kier molecular flexibility index (Phi) is 4.37. The molecule has 2 atom stereocenters. The molecule has 0 aromatic heterocycles. The van der Waals surface area contributed by atoms with Gasteiger partial charge in [-0.3, -0.25) is 10.3 Å². The van der Waals surface area contributed by atoms with Crippen LogP contribution in [0.4, 0.5) is 13.2 Å². The first kappa shape index (κ1) is 14.2. The van der Waals surface area contributed by atoms with E-state index in [0.717, 1.165) is 6.54 Å². The predicted octanol–water partition coefficient (Wildman–Crippen LogP) is 0.737. The summed E-state index contributed by atoms with van der Waals surface area (Å²) in [6, 6.07) is 0.226.